The lowest BCUT2D eigenvalue weighted by molar-refractivity contribution is 0.0925. The van der Waals surface area contributed by atoms with Crippen LogP contribution in [0.3, 0.4) is 0 Å². The molecule has 0 bridgehead atoms. The van der Waals surface area contributed by atoms with Gasteiger partial charge in [-0.1, -0.05) is 6.07 Å². The maximum absolute atomic E-state index is 16.8. The van der Waals surface area contributed by atoms with Crippen LogP contribution in [-0.4, -0.2) is 94.0 Å². The average molecular weight is 639 g/mol. The first kappa shape index (κ1) is 30.2. The second kappa shape index (κ2) is 12.1. The Hall–Kier alpha value is -4.43. The van der Waals surface area contributed by atoms with Crippen molar-refractivity contribution in [2.45, 2.75) is 43.8 Å². The average Bonchev–Trinajstić information content (AvgIpc) is 3.57. The number of alkyl halides is 1. The van der Waals surface area contributed by atoms with Crippen molar-refractivity contribution in [2.24, 2.45) is 0 Å². The van der Waals surface area contributed by atoms with Crippen molar-refractivity contribution >= 4 is 33.6 Å². The molecule has 0 aliphatic carbocycles. The fourth-order valence-corrected chi connectivity index (χ4v) is 7.20. The van der Waals surface area contributed by atoms with Crippen LogP contribution in [-0.2, 0) is 11.2 Å². The molecule has 7 rings (SSSR count). The fraction of sp³-hybridized carbons (Fsp3) is 0.438. The molecule has 242 valence electrons. The third kappa shape index (κ3) is 5.49. The Bertz CT molecular complexity index is 1820. The van der Waals surface area contributed by atoms with Crippen molar-refractivity contribution in [2.75, 3.05) is 51.0 Å². The highest BCUT2D eigenvalue weighted by Gasteiger charge is 2.49. The highest BCUT2D eigenvalue weighted by Crippen LogP contribution is 2.42. The number of phenols is 1. The zero-order valence-electron chi connectivity index (χ0n) is 24.9. The monoisotopic (exact) mass is 638 g/mol. The molecule has 0 amide bonds. The molecular formula is C32H33F3N6O5. The van der Waals surface area contributed by atoms with Crippen LogP contribution < -0.4 is 15.0 Å². The zero-order chi connectivity index (χ0) is 32.0. The minimum absolute atomic E-state index is 0.0500. The van der Waals surface area contributed by atoms with Gasteiger partial charge < -0.3 is 24.6 Å². The van der Waals surface area contributed by atoms with Gasteiger partial charge in [-0.25, -0.2) is 18.0 Å². The van der Waals surface area contributed by atoms with E-state index in [0.29, 0.717) is 42.8 Å². The Morgan fingerprint density at radius 3 is 2.85 bits per heavy atom. The van der Waals surface area contributed by atoms with E-state index in [4.69, 9.17) is 9.84 Å². The normalized spacial score (nSPS) is 21.6. The molecule has 0 unspecified atom stereocenters. The molecule has 3 fully saturated rings. The second-order valence-electron chi connectivity index (χ2n) is 12.1. The summed E-state index contributed by atoms with van der Waals surface area (Å²) in [6.07, 6.45) is 1.78. The number of fused-ring (bicyclic) bond motifs is 3. The highest BCUT2D eigenvalue weighted by molar-refractivity contribution is 6.01. The molecule has 3 aliphatic rings. The molecule has 5 heterocycles. The van der Waals surface area contributed by atoms with E-state index in [-0.39, 0.29) is 59.1 Å². The van der Waals surface area contributed by atoms with Gasteiger partial charge >= 0.3 is 12.2 Å². The van der Waals surface area contributed by atoms with E-state index < -0.39 is 29.5 Å². The molecule has 0 saturated carbocycles. The summed E-state index contributed by atoms with van der Waals surface area (Å²) < 4.78 is 57.1. The molecule has 4 aromatic rings. The number of rotatable bonds is 8. The van der Waals surface area contributed by atoms with E-state index in [0.717, 1.165) is 32.4 Å². The van der Waals surface area contributed by atoms with Gasteiger partial charge in [-0.3, -0.25) is 15.2 Å². The fourth-order valence-electron chi connectivity index (χ4n) is 7.20. The molecule has 3 N–H and O–H groups in total. The lowest BCUT2D eigenvalue weighted by atomic mass is 9.94. The van der Waals surface area contributed by atoms with Crippen LogP contribution in [0.4, 0.5) is 23.8 Å². The number of aromatic nitrogens is 3. The summed E-state index contributed by atoms with van der Waals surface area (Å²) >= 11 is 0. The van der Waals surface area contributed by atoms with E-state index in [1.54, 1.807) is 0 Å². The number of nitrogens with one attached hydrogen (secondary N) is 1. The SMILES string of the molecule is O=C(O)OCCc1c(F)ccc2cc(O)cc(-c3ncc4c(N5CCCNC5)nc(OC[C@@]56CCCN5C[C@H](F)C6)nc4c3F)c12. The summed E-state index contributed by atoms with van der Waals surface area (Å²) in [5, 5.41) is 23.8. The molecule has 46 heavy (non-hydrogen) atoms. The zero-order valence-corrected chi connectivity index (χ0v) is 24.9. The quantitative estimate of drug-likeness (QED) is 0.230. The maximum atomic E-state index is 16.8. The predicted octanol–water partition coefficient (Wildman–Crippen LogP) is 4.78. The summed E-state index contributed by atoms with van der Waals surface area (Å²) in [6, 6.07) is 5.29. The lowest BCUT2D eigenvalue weighted by Crippen LogP contribution is -2.44. The summed E-state index contributed by atoms with van der Waals surface area (Å²) in [5.74, 6) is -1.24. The van der Waals surface area contributed by atoms with Gasteiger partial charge in [-0.15, -0.1) is 0 Å². The summed E-state index contributed by atoms with van der Waals surface area (Å²) in [7, 11) is 0. The Balaban J connectivity index is 1.35. The number of pyridine rings is 1. The largest absolute Gasteiger partial charge is 0.508 e. The Morgan fingerprint density at radius 1 is 1.17 bits per heavy atom. The third-order valence-corrected chi connectivity index (χ3v) is 9.24. The maximum Gasteiger partial charge on any atom is 0.505 e. The number of ether oxygens (including phenoxy) is 2. The van der Waals surface area contributed by atoms with Crippen LogP contribution in [0.1, 0.15) is 31.2 Å². The number of anilines is 1. The van der Waals surface area contributed by atoms with E-state index in [2.05, 4.69) is 29.9 Å². The van der Waals surface area contributed by atoms with Crippen molar-refractivity contribution in [3.63, 3.8) is 0 Å². The van der Waals surface area contributed by atoms with Gasteiger partial charge in [-0.2, -0.15) is 9.97 Å². The first-order chi connectivity index (χ1) is 22.2. The van der Waals surface area contributed by atoms with Crippen molar-refractivity contribution < 1.29 is 37.7 Å². The molecule has 0 radical (unpaired) electrons. The first-order valence-corrected chi connectivity index (χ1v) is 15.4. The number of carbonyl (C=O) groups is 1. The summed E-state index contributed by atoms with van der Waals surface area (Å²) in [4.78, 5) is 28.6. The number of halogens is 3. The third-order valence-electron chi connectivity index (χ3n) is 9.24. The van der Waals surface area contributed by atoms with Crippen molar-refractivity contribution in [1.29, 1.82) is 0 Å². The van der Waals surface area contributed by atoms with E-state index in [9.17, 15) is 14.3 Å². The van der Waals surface area contributed by atoms with Gasteiger partial charge in [0.1, 0.15) is 41.4 Å². The van der Waals surface area contributed by atoms with Gasteiger partial charge in [-0.05, 0) is 66.9 Å². The van der Waals surface area contributed by atoms with Gasteiger partial charge in [0.2, 0.25) is 0 Å². The minimum atomic E-state index is -1.50. The molecule has 0 spiro atoms. The van der Waals surface area contributed by atoms with E-state index >= 15 is 8.78 Å². The van der Waals surface area contributed by atoms with Gasteiger partial charge in [0.15, 0.2) is 5.82 Å². The van der Waals surface area contributed by atoms with Crippen LogP contribution in [0.15, 0.2) is 30.5 Å². The van der Waals surface area contributed by atoms with Crippen LogP contribution in [0, 0.1) is 11.6 Å². The minimum Gasteiger partial charge on any atom is -0.508 e. The Morgan fingerprint density at radius 2 is 2.04 bits per heavy atom. The number of hydrogen-bond acceptors (Lipinski definition) is 10. The van der Waals surface area contributed by atoms with E-state index in [1.165, 1.54) is 30.5 Å². The Labute approximate surface area is 262 Å². The topological polar surface area (TPSA) is 133 Å². The molecule has 11 nitrogen and oxygen atoms in total. The number of carboxylic acid groups (broad SMARTS) is 1. The number of nitrogens with zero attached hydrogens (tertiary/aromatic N) is 5. The molecule has 14 heteroatoms. The number of phenolic OH excluding ortho intramolecular Hbond substituents is 1. The lowest BCUT2D eigenvalue weighted by Gasteiger charge is -2.31. The summed E-state index contributed by atoms with van der Waals surface area (Å²) in [5.41, 5.74) is -0.539. The molecule has 2 atom stereocenters. The molecule has 2 aromatic carbocycles. The van der Waals surface area contributed by atoms with Crippen molar-refractivity contribution in [3.8, 4) is 23.0 Å². The molecular weight excluding hydrogens is 605 g/mol. The molecule has 3 aliphatic heterocycles. The van der Waals surface area contributed by atoms with Crippen LogP contribution >= 0.6 is 0 Å². The smallest absolute Gasteiger partial charge is 0.505 e. The number of aromatic hydroxyl groups is 1. The molecule has 2 aromatic heterocycles. The number of benzene rings is 2. The highest BCUT2D eigenvalue weighted by atomic mass is 19.1. The summed E-state index contributed by atoms with van der Waals surface area (Å²) in [6.45, 7) is 2.93. The van der Waals surface area contributed by atoms with Crippen LogP contribution in [0.5, 0.6) is 11.8 Å². The molecule has 3 saturated heterocycles. The van der Waals surface area contributed by atoms with Crippen LogP contribution in [0.25, 0.3) is 32.9 Å². The standard InChI is InChI=1S/C32H33F3N6O5/c33-19-13-32(6-1-9-41(32)15-19)16-46-30-38-28-23(29(39-30)40-8-2-7-36-17-40)14-37-27(26(28)35)22-12-20(42)11-18-3-4-24(34)21(25(18)22)5-10-45-31(43)44/h3-4,11-12,14,19,36,42H,1-2,5-10,13,15-17H2,(H,43,44)/t19-,32+/m1/s1. The van der Waals surface area contributed by atoms with E-state index in [1.807, 2.05) is 4.90 Å². The number of hydrogen-bond donors (Lipinski definition) is 3. The van der Waals surface area contributed by atoms with Gasteiger partial charge in [0.25, 0.3) is 0 Å². The van der Waals surface area contributed by atoms with Crippen molar-refractivity contribution in [1.82, 2.24) is 25.2 Å². The van der Waals surface area contributed by atoms with Crippen LogP contribution in [0.2, 0.25) is 0 Å². The van der Waals surface area contributed by atoms with Gasteiger partial charge in [0.05, 0.1) is 24.2 Å². The first-order valence-electron chi connectivity index (χ1n) is 15.4. The Kier molecular flexibility index (Phi) is 7.93. The van der Waals surface area contributed by atoms with Crippen molar-refractivity contribution in [3.05, 3.63) is 47.7 Å². The van der Waals surface area contributed by atoms with Gasteiger partial charge in [0, 0.05) is 37.7 Å². The second-order valence-corrected chi connectivity index (χ2v) is 12.1. The predicted molar refractivity (Wildman–Crippen MR) is 163 cm³/mol.